The van der Waals surface area contributed by atoms with Gasteiger partial charge in [-0.3, -0.25) is 19.2 Å². The number of halogens is 2. The summed E-state index contributed by atoms with van der Waals surface area (Å²) in [4.78, 5) is 47.2. The van der Waals surface area contributed by atoms with Crippen molar-refractivity contribution in [2.45, 2.75) is 58.2 Å². The van der Waals surface area contributed by atoms with E-state index in [0.717, 1.165) is 7.14 Å². The van der Waals surface area contributed by atoms with E-state index in [9.17, 15) is 19.2 Å². The summed E-state index contributed by atoms with van der Waals surface area (Å²) < 4.78 is 34.6. The van der Waals surface area contributed by atoms with Gasteiger partial charge in [0.25, 0.3) is 0 Å². The van der Waals surface area contributed by atoms with Crippen LogP contribution in [0.25, 0.3) is 0 Å². The van der Waals surface area contributed by atoms with E-state index in [0.29, 0.717) is 11.3 Å². The molecule has 1 aliphatic heterocycles. The highest BCUT2D eigenvalue weighted by Gasteiger charge is 2.53. The lowest BCUT2D eigenvalue weighted by Crippen LogP contribution is -2.59. The first-order chi connectivity index (χ1) is 15.4. The summed E-state index contributed by atoms with van der Waals surface area (Å²) in [5, 5.41) is 0. The van der Waals surface area contributed by atoms with Gasteiger partial charge in [0.15, 0.2) is 18.3 Å². The Morgan fingerprint density at radius 1 is 0.818 bits per heavy atom. The van der Waals surface area contributed by atoms with E-state index in [1.807, 2.05) is 0 Å². The predicted octanol–water partition coefficient (Wildman–Crippen LogP) is 2.70. The van der Waals surface area contributed by atoms with Crippen LogP contribution >= 0.6 is 45.2 Å². The summed E-state index contributed by atoms with van der Waals surface area (Å²) in [6.45, 7) is 4.51. The third-order valence-electron chi connectivity index (χ3n) is 4.57. The van der Waals surface area contributed by atoms with Crippen molar-refractivity contribution >= 4 is 69.1 Å². The number of rotatable bonds is 7. The highest BCUT2D eigenvalue weighted by atomic mass is 127. The minimum atomic E-state index is -1.22. The normalized spacial score (nSPS) is 24.4. The average molecular weight is 690 g/mol. The van der Waals surface area contributed by atoms with Gasteiger partial charge in [0.1, 0.15) is 24.6 Å². The number of hydrogen-bond donors (Lipinski definition) is 0. The molecule has 1 aromatic carbocycles. The van der Waals surface area contributed by atoms with Crippen LogP contribution in [0.3, 0.4) is 0 Å². The van der Waals surface area contributed by atoms with E-state index < -0.39 is 54.4 Å². The van der Waals surface area contributed by atoms with Gasteiger partial charge in [-0.25, -0.2) is 0 Å². The summed E-state index contributed by atoms with van der Waals surface area (Å²) in [5.74, 6) is -1.95. The maximum atomic E-state index is 12.0. The van der Waals surface area contributed by atoms with E-state index in [1.54, 1.807) is 19.2 Å². The summed E-state index contributed by atoms with van der Waals surface area (Å²) in [6, 6.07) is 3.58. The van der Waals surface area contributed by atoms with Gasteiger partial charge in [0.2, 0.25) is 0 Å². The SMILES string of the molecule is COc1cc(I)c([C@@H]2O[C@H](COC(C)=O)[C@@H](OC(C)=O)[C@H](OC(C)=O)[C@H]2OC(C)=O)cc1I. The van der Waals surface area contributed by atoms with Crippen molar-refractivity contribution in [3.05, 3.63) is 24.8 Å². The van der Waals surface area contributed by atoms with Crippen LogP contribution in [-0.4, -0.2) is 62.0 Å². The van der Waals surface area contributed by atoms with E-state index >= 15 is 0 Å². The van der Waals surface area contributed by atoms with Gasteiger partial charge in [-0.05, 0) is 62.9 Å². The number of benzene rings is 1. The van der Waals surface area contributed by atoms with Gasteiger partial charge in [0, 0.05) is 31.3 Å². The summed E-state index contributed by atoms with van der Waals surface area (Å²) in [7, 11) is 1.54. The molecule has 1 fully saturated rings. The molecule has 0 unspecified atom stereocenters. The van der Waals surface area contributed by atoms with Crippen molar-refractivity contribution in [3.8, 4) is 5.75 Å². The van der Waals surface area contributed by atoms with E-state index in [2.05, 4.69) is 45.2 Å². The topological polar surface area (TPSA) is 124 Å². The molecule has 1 saturated heterocycles. The van der Waals surface area contributed by atoms with Crippen LogP contribution < -0.4 is 4.74 Å². The summed E-state index contributed by atoms with van der Waals surface area (Å²) >= 11 is 4.18. The highest BCUT2D eigenvalue weighted by Crippen LogP contribution is 2.41. The van der Waals surface area contributed by atoms with Gasteiger partial charge in [-0.1, -0.05) is 0 Å². The van der Waals surface area contributed by atoms with Gasteiger partial charge in [-0.15, -0.1) is 0 Å². The number of carbonyl (C=O) groups excluding carboxylic acids is 4. The minimum absolute atomic E-state index is 0.280. The standard InChI is InChI=1S/C21H24I2O10/c1-9(24)29-8-17-19(30-10(2)25)21(32-12(4)27)20(31-11(3)26)18(33-17)13-6-15(23)16(28-5)7-14(13)22/h6-7,17-21H,8H2,1-5H3/t17-,18+,19-,20+,21+/m1/s1. The molecular formula is C21H24I2O10. The van der Waals surface area contributed by atoms with Crippen molar-refractivity contribution in [2.24, 2.45) is 0 Å². The Bertz CT molecular complexity index is 919. The Hall–Kier alpha value is -1.68. The monoisotopic (exact) mass is 690 g/mol. The zero-order valence-electron chi connectivity index (χ0n) is 18.6. The molecule has 10 nitrogen and oxygen atoms in total. The smallest absolute Gasteiger partial charge is 0.303 e. The fourth-order valence-electron chi connectivity index (χ4n) is 3.40. The van der Waals surface area contributed by atoms with Crippen LogP contribution in [0.1, 0.15) is 39.4 Å². The minimum Gasteiger partial charge on any atom is -0.496 e. The zero-order valence-corrected chi connectivity index (χ0v) is 22.9. The molecular weight excluding hydrogens is 666 g/mol. The molecule has 1 aliphatic rings. The molecule has 0 radical (unpaired) electrons. The second kappa shape index (κ2) is 12.1. The fraction of sp³-hybridized carbons (Fsp3) is 0.524. The summed E-state index contributed by atoms with van der Waals surface area (Å²) in [6.07, 6.45) is -5.50. The molecule has 0 aliphatic carbocycles. The Balaban J connectivity index is 2.63. The quantitative estimate of drug-likeness (QED) is 0.240. The largest absolute Gasteiger partial charge is 0.496 e. The van der Waals surface area contributed by atoms with Crippen molar-refractivity contribution in [1.29, 1.82) is 0 Å². The van der Waals surface area contributed by atoms with Crippen LogP contribution in [0.15, 0.2) is 12.1 Å². The molecule has 0 bridgehead atoms. The van der Waals surface area contributed by atoms with Gasteiger partial charge >= 0.3 is 23.9 Å². The molecule has 1 heterocycles. The van der Waals surface area contributed by atoms with E-state index in [-0.39, 0.29) is 6.61 Å². The third kappa shape index (κ3) is 7.40. The van der Waals surface area contributed by atoms with Gasteiger partial charge in [0.05, 0.1) is 10.7 Å². The van der Waals surface area contributed by atoms with Crippen molar-refractivity contribution in [1.82, 2.24) is 0 Å². The molecule has 5 atom stereocenters. The molecule has 1 aromatic rings. The average Bonchev–Trinajstić information content (AvgIpc) is 2.70. The maximum absolute atomic E-state index is 12.0. The number of esters is 4. The van der Waals surface area contributed by atoms with Gasteiger partial charge in [-0.2, -0.15) is 0 Å². The van der Waals surface area contributed by atoms with Crippen LogP contribution in [-0.2, 0) is 42.9 Å². The second-order valence-electron chi connectivity index (χ2n) is 7.13. The fourth-order valence-corrected chi connectivity index (χ4v) is 4.85. The molecule has 0 aromatic heterocycles. The Morgan fingerprint density at radius 2 is 1.36 bits per heavy atom. The van der Waals surface area contributed by atoms with Crippen molar-refractivity contribution in [3.63, 3.8) is 0 Å². The lowest BCUT2D eigenvalue weighted by molar-refractivity contribution is -0.254. The molecule has 0 N–H and O–H groups in total. The lowest BCUT2D eigenvalue weighted by atomic mass is 9.90. The molecule has 33 heavy (non-hydrogen) atoms. The van der Waals surface area contributed by atoms with Crippen LogP contribution in [0.4, 0.5) is 0 Å². The first-order valence-electron chi connectivity index (χ1n) is 9.78. The Labute approximate surface area is 218 Å². The number of methoxy groups -OCH3 is 1. The van der Waals surface area contributed by atoms with Crippen molar-refractivity contribution < 1.29 is 47.6 Å². The van der Waals surface area contributed by atoms with E-state index in [4.69, 9.17) is 28.4 Å². The van der Waals surface area contributed by atoms with Crippen LogP contribution in [0.2, 0.25) is 0 Å². The number of ether oxygens (including phenoxy) is 6. The highest BCUT2D eigenvalue weighted by molar-refractivity contribution is 14.1. The number of carbonyl (C=O) groups is 4. The zero-order chi connectivity index (χ0) is 24.9. The Morgan fingerprint density at radius 3 is 1.88 bits per heavy atom. The third-order valence-corrected chi connectivity index (χ3v) is 6.35. The first-order valence-corrected chi connectivity index (χ1v) is 11.9. The number of hydrogen-bond acceptors (Lipinski definition) is 10. The molecule has 0 saturated carbocycles. The molecule has 0 amide bonds. The van der Waals surface area contributed by atoms with Crippen LogP contribution in [0, 0.1) is 7.14 Å². The maximum Gasteiger partial charge on any atom is 0.303 e. The molecule has 2 rings (SSSR count). The molecule has 182 valence electrons. The van der Waals surface area contributed by atoms with Crippen LogP contribution in [0.5, 0.6) is 5.75 Å². The van der Waals surface area contributed by atoms with Gasteiger partial charge < -0.3 is 28.4 Å². The Kier molecular flexibility index (Phi) is 10.1. The lowest BCUT2D eigenvalue weighted by Gasteiger charge is -2.44. The summed E-state index contributed by atoms with van der Waals surface area (Å²) in [5.41, 5.74) is 0.623. The van der Waals surface area contributed by atoms with E-state index in [1.165, 1.54) is 27.7 Å². The second-order valence-corrected chi connectivity index (χ2v) is 9.45. The molecule has 0 spiro atoms. The predicted molar refractivity (Wildman–Crippen MR) is 129 cm³/mol. The first kappa shape index (κ1) is 27.6. The molecule has 12 heteroatoms. The van der Waals surface area contributed by atoms with Crippen molar-refractivity contribution in [2.75, 3.05) is 13.7 Å².